The van der Waals surface area contributed by atoms with Gasteiger partial charge in [0, 0.05) is 14.1 Å². The van der Waals surface area contributed by atoms with E-state index >= 15 is 0 Å². The van der Waals surface area contributed by atoms with E-state index in [1.165, 1.54) is 6.34 Å². The van der Waals surface area contributed by atoms with E-state index in [2.05, 4.69) is 4.40 Å². The molecule has 0 fully saturated rings. The van der Waals surface area contributed by atoms with Crippen molar-refractivity contribution in [2.75, 3.05) is 14.1 Å². The number of hydrogen-bond donors (Lipinski definition) is 0. The number of sulfonamides is 1. The van der Waals surface area contributed by atoms with Gasteiger partial charge in [0.1, 0.15) is 6.34 Å². The molecule has 0 rings (SSSR count). The number of hydrogen-bond acceptors (Lipinski definition) is 2. The van der Waals surface area contributed by atoms with Crippen LogP contribution in [0.2, 0.25) is 0 Å². The van der Waals surface area contributed by atoms with E-state index in [1.54, 1.807) is 39.8 Å². The molecule has 0 saturated carbocycles. The Morgan fingerprint density at radius 1 is 1.25 bits per heavy atom. The van der Waals surface area contributed by atoms with E-state index in [1.807, 2.05) is 0 Å². The topological polar surface area (TPSA) is 49.7 Å². The summed E-state index contributed by atoms with van der Waals surface area (Å²) in [5, 5.41) is 0. The molecule has 0 atom stereocenters. The van der Waals surface area contributed by atoms with E-state index in [-0.39, 0.29) is 0 Å². The second kappa shape index (κ2) is 3.43. The molecule has 72 valence electrons. The Morgan fingerprint density at radius 3 is 1.92 bits per heavy atom. The highest BCUT2D eigenvalue weighted by molar-refractivity contribution is 7.91. The van der Waals surface area contributed by atoms with Crippen LogP contribution in [0.5, 0.6) is 0 Å². The summed E-state index contributed by atoms with van der Waals surface area (Å²) < 4.78 is 25.3. The normalized spacial score (nSPS) is 13.8. The van der Waals surface area contributed by atoms with Crippen molar-refractivity contribution in [3.05, 3.63) is 0 Å². The van der Waals surface area contributed by atoms with Crippen molar-refractivity contribution in [2.45, 2.75) is 25.5 Å². The maximum atomic E-state index is 11.3. The first kappa shape index (κ1) is 11.4. The fourth-order valence-electron chi connectivity index (χ4n) is 0.314. The van der Waals surface area contributed by atoms with Gasteiger partial charge >= 0.3 is 0 Å². The summed E-state index contributed by atoms with van der Waals surface area (Å²) in [6, 6.07) is 0. The van der Waals surface area contributed by atoms with Crippen molar-refractivity contribution in [3.8, 4) is 0 Å². The Bertz CT molecular complexity index is 260. The molecule has 5 heteroatoms. The molecule has 0 heterocycles. The molecular weight excluding hydrogens is 176 g/mol. The van der Waals surface area contributed by atoms with Gasteiger partial charge in [0.05, 0.1) is 4.75 Å². The molecule has 0 aliphatic carbocycles. The van der Waals surface area contributed by atoms with Gasteiger partial charge in [0.2, 0.25) is 0 Å². The Balaban J connectivity index is 4.69. The van der Waals surface area contributed by atoms with Gasteiger partial charge in [-0.15, -0.1) is 0 Å². The maximum absolute atomic E-state index is 11.3. The van der Waals surface area contributed by atoms with Crippen LogP contribution in [0.3, 0.4) is 0 Å². The molecule has 0 saturated heterocycles. The lowest BCUT2D eigenvalue weighted by Gasteiger charge is -2.15. The van der Waals surface area contributed by atoms with Crippen molar-refractivity contribution in [2.24, 2.45) is 4.40 Å². The van der Waals surface area contributed by atoms with Crippen LogP contribution < -0.4 is 0 Å². The lowest BCUT2D eigenvalue weighted by Crippen LogP contribution is -2.26. The van der Waals surface area contributed by atoms with Gasteiger partial charge in [0.25, 0.3) is 10.0 Å². The van der Waals surface area contributed by atoms with Crippen molar-refractivity contribution >= 4 is 16.4 Å². The molecular formula is C7H16N2O2S. The predicted octanol–water partition coefficient (Wildman–Crippen LogP) is 0.705. The predicted molar refractivity (Wildman–Crippen MR) is 50.9 cm³/mol. The largest absolute Gasteiger partial charge is 0.368 e. The summed E-state index contributed by atoms with van der Waals surface area (Å²) in [6.07, 6.45) is 1.29. The van der Waals surface area contributed by atoms with Gasteiger partial charge in [-0.1, -0.05) is 0 Å². The standard InChI is InChI=1S/C7H16N2O2S/c1-7(2,3)12(10,11)8-6-9(4)5/h6H,1-5H3/b8-6+. The fourth-order valence-corrected chi connectivity index (χ4v) is 0.943. The molecule has 12 heavy (non-hydrogen) atoms. The van der Waals surface area contributed by atoms with Crippen LogP contribution in [0.25, 0.3) is 0 Å². The van der Waals surface area contributed by atoms with E-state index in [4.69, 9.17) is 0 Å². The number of nitrogens with zero attached hydrogens (tertiary/aromatic N) is 2. The summed E-state index contributed by atoms with van der Waals surface area (Å²) >= 11 is 0. The Kier molecular flexibility index (Phi) is 3.26. The highest BCUT2D eigenvalue weighted by Gasteiger charge is 2.27. The molecule has 0 aliphatic rings. The smallest absolute Gasteiger partial charge is 0.259 e. The lowest BCUT2D eigenvalue weighted by molar-refractivity contribution is 0.560. The third-order valence-electron chi connectivity index (χ3n) is 1.19. The maximum Gasteiger partial charge on any atom is 0.259 e. The van der Waals surface area contributed by atoms with E-state index in [0.29, 0.717) is 0 Å². The highest BCUT2D eigenvalue weighted by Crippen LogP contribution is 2.16. The Labute approximate surface area is 74.3 Å². The van der Waals surface area contributed by atoms with Crippen LogP contribution >= 0.6 is 0 Å². The molecule has 0 aromatic carbocycles. The number of rotatable bonds is 2. The zero-order valence-electron chi connectivity index (χ0n) is 8.20. The molecule has 0 aromatic heterocycles. The molecule has 0 radical (unpaired) electrons. The van der Waals surface area contributed by atoms with E-state index in [0.717, 1.165) is 0 Å². The second-order valence-electron chi connectivity index (χ2n) is 3.77. The third kappa shape index (κ3) is 3.21. The quantitative estimate of drug-likeness (QED) is 0.478. The van der Waals surface area contributed by atoms with Gasteiger partial charge in [-0.05, 0) is 20.8 Å². The molecule has 0 bridgehead atoms. The van der Waals surface area contributed by atoms with Crippen molar-refractivity contribution in [3.63, 3.8) is 0 Å². The van der Waals surface area contributed by atoms with Crippen molar-refractivity contribution < 1.29 is 8.42 Å². The molecule has 0 aromatic rings. The summed E-state index contributed by atoms with van der Waals surface area (Å²) in [5.41, 5.74) is 0. The fraction of sp³-hybridized carbons (Fsp3) is 0.857. The van der Waals surface area contributed by atoms with Crippen LogP contribution in [0.15, 0.2) is 4.40 Å². The van der Waals surface area contributed by atoms with Gasteiger partial charge in [-0.25, -0.2) is 8.42 Å². The summed E-state index contributed by atoms with van der Waals surface area (Å²) in [6.45, 7) is 4.86. The lowest BCUT2D eigenvalue weighted by atomic mass is 10.3. The van der Waals surface area contributed by atoms with E-state index < -0.39 is 14.8 Å². The first-order valence-electron chi connectivity index (χ1n) is 3.63. The van der Waals surface area contributed by atoms with Crippen molar-refractivity contribution in [1.29, 1.82) is 0 Å². The molecule has 4 nitrogen and oxygen atoms in total. The monoisotopic (exact) mass is 192 g/mol. The highest BCUT2D eigenvalue weighted by atomic mass is 32.2. The molecule has 0 amide bonds. The van der Waals surface area contributed by atoms with Gasteiger partial charge in [-0.2, -0.15) is 4.40 Å². The molecule has 0 aliphatic heterocycles. The van der Waals surface area contributed by atoms with Crippen LogP contribution in [-0.4, -0.2) is 38.5 Å². The van der Waals surface area contributed by atoms with Crippen LogP contribution in [0.1, 0.15) is 20.8 Å². The minimum Gasteiger partial charge on any atom is -0.368 e. The Morgan fingerprint density at radius 2 is 1.67 bits per heavy atom. The van der Waals surface area contributed by atoms with Crippen molar-refractivity contribution in [1.82, 2.24) is 4.90 Å². The van der Waals surface area contributed by atoms with Crippen LogP contribution in [0.4, 0.5) is 0 Å². The minimum atomic E-state index is -3.37. The first-order chi connectivity index (χ1) is 5.17. The van der Waals surface area contributed by atoms with Crippen LogP contribution in [0, 0.1) is 0 Å². The second-order valence-corrected chi connectivity index (χ2v) is 6.16. The zero-order chi connectivity index (χ0) is 9.99. The van der Waals surface area contributed by atoms with E-state index in [9.17, 15) is 8.42 Å². The van der Waals surface area contributed by atoms with Crippen LogP contribution in [-0.2, 0) is 10.0 Å². The molecule has 0 N–H and O–H groups in total. The minimum absolute atomic E-state index is 0.820. The summed E-state index contributed by atoms with van der Waals surface area (Å²) in [7, 11) is 0.0828. The van der Waals surface area contributed by atoms with Gasteiger partial charge in [-0.3, -0.25) is 0 Å². The van der Waals surface area contributed by atoms with Gasteiger partial charge < -0.3 is 4.90 Å². The zero-order valence-corrected chi connectivity index (χ0v) is 9.01. The summed E-state index contributed by atoms with van der Waals surface area (Å²) in [5.74, 6) is 0. The molecule has 0 unspecified atom stereocenters. The average Bonchev–Trinajstić information content (AvgIpc) is 1.81. The SMILES string of the molecule is CN(C)/C=N/S(=O)(=O)C(C)(C)C. The molecule has 0 spiro atoms. The Hall–Kier alpha value is -0.580. The first-order valence-corrected chi connectivity index (χ1v) is 5.07. The summed E-state index contributed by atoms with van der Waals surface area (Å²) in [4.78, 5) is 1.59. The third-order valence-corrected chi connectivity index (χ3v) is 3.11. The average molecular weight is 192 g/mol. The van der Waals surface area contributed by atoms with Gasteiger partial charge in [0.15, 0.2) is 0 Å².